The lowest BCUT2D eigenvalue weighted by molar-refractivity contribution is 0.0950. The van der Waals surface area contributed by atoms with Gasteiger partial charge in [0.15, 0.2) is 0 Å². The molecule has 0 spiro atoms. The summed E-state index contributed by atoms with van der Waals surface area (Å²) < 4.78 is 26.8. The Morgan fingerprint density at radius 2 is 1.94 bits per heavy atom. The molecule has 1 heterocycles. The van der Waals surface area contributed by atoms with Gasteiger partial charge in [-0.15, -0.1) is 6.42 Å². The predicted octanol–water partition coefficient (Wildman–Crippen LogP) is 2.90. The van der Waals surface area contributed by atoms with Gasteiger partial charge in [-0.25, -0.2) is 8.42 Å². The number of rotatable bonds is 8. The molecule has 2 N–H and O–H groups in total. The lowest BCUT2D eigenvalue weighted by atomic mass is 10.0. The van der Waals surface area contributed by atoms with Crippen molar-refractivity contribution >= 4 is 15.9 Å². The van der Waals surface area contributed by atoms with Gasteiger partial charge in [-0.05, 0) is 55.6 Å². The van der Waals surface area contributed by atoms with E-state index in [2.05, 4.69) is 33.8 Å². The summed E-state index contributed by atoms with van der Waals surface area (Å²) in [6.07, 6.45) is 8.84. The standard InChI is InChI=1S/C24H29N3O3S/c1-3-14-26-31(29,30)23-13-8-12-20(16-23)24(28)25-17-21-10-4-5-11-22(21)18-27-15-7-6-9-19(27)2/h1,4-5,8,10-13,16,19,26H,6-7,9,14-15,17-18H2,2H3,(H,25,28). The van der Waals surface area contributed by atoms with E-state index in [0.717, 1.165) is 18.7 Å². The number of amides is 1. The Kier molecular flexibility index (Phi) is 7.85. The molecule has 1 aliphatic heterocycles. The van der Waals surface area contributed by atoms with Crippen molar-refractivity contribution in [3.8, 4) is 12.3 Å². The third-order valence-electron chi connectivity index (χ3n) is 5.64. The van der Waals surface area contributed by atoms with Crippen molar-refractivity contribution in [2.45, 2.75) is 50.2 Å². The molecular weight excluding hydrogens is 410 g/mol. The van der Waals surface area contributed by atoms with Gasteiger partial charge in [-0.1, -0.05) is 42.7 Å². The minimum atomic E-state index is -3.75. The highest BCUT2D eigenvalue weighted by Crippen LogP contribution is 2.21. The van der Waals surface area contributed by atoms with Gasteiger partial charge in [0.2, 0.25) is 10.0 Å². The third kappa shape index (κ3) is 6.17. The average Bonchev–Trinajstić information content (AvgIpc) is 2.78. The van der Waals surface area contributed by atoms with Gasteiger partial charge in [0.05, 0.1) is 11.4 Å². The molecule has 1 unspecified atom stereocenters. The molecule has 31 heavy (non-hydrogen) atoms. The Morgan fingerprint density at radius 3 is 2.68 bits per heavy atom. The molecule has 1 fully saturated rings. The van der Waals surface area contributed by atoms with Crippen molar-refractivity contribution in [1.82, 2.24) is 14.9 Å². The van der Waals surface area contributed by atoms with Crippen LogP contribution in [0.5, 0.6) is 0 Å². The number of hydrogen-bond acceptors (Lipinski definition) is 4. The largest absolute Gasteiger partial charge is 0.348 e. The van der Waals surface area contributed by atoms with E-state index in [4.69, 9.17) is 6.42 Å². The number of carbonyl (C=O) groups excluding carboxylic acids is 1. The number of benzene rings is 2. The summed E-state index contributed by atoms with van der Waals surface area (Å²) in [6, 6.07) is 14.6. The van der Waals surface area contributed by atoms with Crippen LogP contribution >= 0.6 is 0 Å². The van der Waals surface area contributed by atoms with Crippen molar-refractivity contribution < 1.29 is 13.2 Å². The van der Waals surface area contributed by atoms with Crippen LogP contribution in [0.4, 0.5) is 0 Å². The topological polar surface area (TPSA) is 78.5 Å². The number of carbonyl (C=O) groups is 1. The molecule has 0 radical (unpaired) electrons. The highest BCUT2D eigenvalue weighted by Gasteiger charge is 2.19. The maximum absolute atomic E-state index is 12.7. The highest BCUT2D eigenvalue weighted by atomic mass is 32.2. The number of nitrogens with zero attached hydrogens (tertiary/aromatic N) is 1. The minimum Gasteiger partial charge on any atom is -0.348 e. The molecule has 2 aromatic carbocycles. The summed E-state index contributed by atoms with van der Waals surface area (Å²) in [6.45, 7) is 4.50. The van der Waals surface area contributed by atoms with Crippen LogP contribution < -0.4 is 10.0 Å². The highest BCUT2D eigenvalue weighted by molar-refractivity contribution is 7.89. The molecule has 0 saturated carbocycles. The number of piperidine rings is 1. The van der Waals surface area contributed by atoms with E-state index in [1.54, 1.807) is 12.1 Å². The second-order valence-electron chi connectivity index (χ2n) is 7.82. The lowest BCUT2D eigenvalue weighted by Crippen LogP contribution is -2.37. The van der Waals surface area contributed by atoms with Crippen LogP contribution in [0, 0.1) is 12.3 Å². The van der Waals surface area contributed by atoms with Gasteiger partial charge in [-0.2, -0.15) is 4.72 Å². The first kappa shape index (κ1) is 23.0. The maximum atomic E-state index is 12.7. The third-order valence-corrected chi connectivity index (χ3v) is 7.04. The second-order valence-corrected chi connectivity index (χ2v) is 9.59. The van der Waals surface area contributed by atoms with Crippen LogP contribution in [0.1, 0.15) is 47.7 Å². The molecule has 2 aromatic rings. The summed E-state index contributed by atoms with van der Waals surface area (Å²) in [4.78, 5) is 15.2. The van der Waals surface area contributed by atoms with E-state index in [9.17, 15) is 13.2 Å². The fourth-order valence-electron chi connectivity index (χ4n) is 3.80. The van der Waals surface area contributed by atoms with Gasteiger partial charge in [0.1, 0.15) is 0 Å². The van der Waals surface area contributed by atoms with Gasteiger partial charge < -0.3 is 5.32 Å². The molecule has 3 rings (SSSR count). The van der Waals surface area contributed by atoms with Crippen molar-refractivity contribution in [3.05, 3.63) is 65.2 Å². The second kappa shape index (κ2) is 10.6. The normalized spacial score (nSPS) is 17.1. The van der Waals surface area contributed by atoms with Crippen molar-refractivity contribution in [2.24, 2.45) is 0 Å². The van der Waals surface area contributed by atoms with Crippen LogP contribution in [-0.2, 0) is 23.1 Å². The SMILES string of the molecule is C#CCNS(=O)(=O)c1cccc(C(=O)NCc2ccccc2CN2CCCCC2C)c1. The van der Waals surface area contributed by atoms with Crippen LogP contribution in [-0.4, -0.2) is 38.4 Å². The predicted molar refractivity (Wildman–Crippen MR) is 122 cm³/mol. The molecule has 1 saturated heterocycles. The van der Waals surface area contributed by atoms with Crippen LogP contribution in [0.15, 0.2) is 53.4 Å². The molecule has 1 atom stereocenters. The van der Waals surface area contributed by atoms with Gasteiger partial charge in [0, 0.05) is 24.7 Å². The van der Waals surface area contributed by atoms with E-state index in [0.29, 0.717) is 12.6 Å². The maximum Gasteiger partial charge on any atom is 0.251 e. The minimum absolute atomic E-state index is 0.00915. The first-order valence-electron chi connectivity index (χ1n) is 10.5. The first-order valence-corrected chi connectivity index (χ1v) is 12.0. The van der Waals surface area contributed by atoms with Crippen LogP contribution in [0.2, 0.25) is 0 Å². The van der Waals surface area contributed by atoms with E-state index in [1.807, 2.05) is 18.2 Å². The zero-order chi connectivity index (χ0) is 22.3. The van der Waals surface area contributed by atoms with Gasteiger partial charge in [-0.3, -0.25) is 9.69 Å². The lowest BCUT2D eigenvalue weighted by Gasteiger charge is -2.33. The molecule has 7 heteroatoms. The molecule has 1 aliphatic rings. The van der Waals surface area contributed by atoms with E-state index in [1.165, 1.54) is 37.0 Å². The fraction of sp³-hybridized carbons (Fsp3) is 0.375. The van der Waals surface area contributed by atoms with Crippen molar-refractivity contribution in [1.29, 1.82) is 0 Å². The molecule has 164 valence electrons. The average molecular weight is 440 g/mol. The van der Waals surface area contributed by atoms with Crippen LogP contribution in [0.3, 0.4) is 0 Å². The Hall–Kier alpha value is -2.66. The summed E-state index contributed by atoms with van der Waals surface area (Å²) in [5.41, 5.74) is 2.55. The Balaban J connectivity index is 1.68. The molecule has 6 nitrogen and oxygen atoms in total. The van der Waals surface area contributed by atoms with Gasteiger partial charge in [0.25, 0.3) is 5.91 Å². The summed E-state index contributed by atoms with van der Waals surface area (Å²) in [5, 5.41) is 2.92. The number of terminal acetylenes is 1. The molecular formula is C24H29N3O3S. The molecule has 0 aliphatic carbocycles. The number of hydrogen-bond donors (Lipinski definition) is 2. The van der Waals surface area contributed by atoms with E-state index in [-0.39, 0.29) is 22.9 Å². The van der Waals surface area contributed by atoms with Crippen LogP contribution in [0.25, 0.3) is 0 Å². The van der Waals surface area contributed by atoms with E-state index < -0.39 is 10.0 Å². The Morgan fingerprint density at radius 1 is 1.16 bits per heavy atom. The fourth-order valence-corrected chi connectivity index (χ4v) is 4.78. The molecule has 1 amide bonds. The zero-order valence-electron chi connectivity index (χ0n) is 17.8. The Bertz CT molecular complexity index is 1060. The van der Waals surface area contributed by atoms with Crippen molar-refractivity contribution in [2.75, 3.05) is 13.1 Å². The van der Waals surface area contributed by atoms with Gasteiger partial charge >= 0.3 is 0 Å². The smallest absolute Gasteiger partial charge is 0.251 e. The summed E-state index contributed by atoms with van der Waals surface area (Å²) in [5.74, 6) is 1.91. The monoisotopic (exact) mass is 439 g/mol. The zero-order valence-corrected chi connectivity index (χ0v) is 18.6. The van der Waals surface area contributed by atoms with Crippen molar-refractivity contribution in [3.63, 3.8) is 0 Å². The first-order chi connectivity index (χ1) is 14.9. The molecule has 0 bridgehead atoms. The van der Waals surface area contributed by atoms with E-state index >= 15 is 0 Å². The number of nitrogens with one attached hydrogen (secondary N) is 2. The number of sulfonamides is 1. The number of likely N-dealkylation sites (tertiary alicyclic amines) is 1. The Labute approximate surface area is 185 Å². The molecule has 0 aromatic heterocycles. The quantitative estimate of drug-likeness (QED) is 0.620. The summed E-state index contributed by atoms with van der Waals surface area (Å²) >= 11 is 0. The summed E-state index contributed by atoms with van der Waals surface area (Å²) in [7, 11) is -3.75.